The minimum Gasteiger partial charge on any atom is -0.329 e. The van der Waals surface area contributed by atoms with Gasteiger partial charge in [0.15, 0.2) is 0 Å². The predicted molar refractivity (Wildman–Crippen MR) is 60.7 cm³/mol. The maximum atomic E-state index is 12.5. The highest BCUT2D eigenvalue weighted by molar-refractivity contribution is 8.00. The van der Waals surface area contributed by atoms with Crippen LogP contribution >= 0.6 is 11.8 Å². The van der Waals surface area contributed by atoms with Crippen LogP contribution in [0.15, 0.2) is 23.1 Å². The largest absolute Gasteiger partial charge is 0.402 e. The molecule has 2 N–H and O–H groups in total. The fourth-order valence-electron chi connectivity index (χ4n) is 1.24. The van der Waals surface area contributed by atoms with Crippen molar-refractivity contribution < 1.29 is 13.2 Å². The molecule has 1 aromatic rings. The lowest BCUT2D eigenvalue weighted by atomic mass is 10.2. The van der Waals surface area contributed by atoms with E-state index in [2.05, 4.69) is 0 Å². The molecule has 0 aromatic heterocycles. The van der Waals surface area contributed by atoms with Crippen LogP contribution in [0.3, 0.4) is 0 Å². The molecule has 0 radical (unpaired) electrons. The molecule has 0 aliphatic carbocycles. The van der Waals surface area contributed by atoms with Gasteiger partial charge in [0.05, 0.1) is 0 Å². The Morgan fingerprint density at radius 3 is 2.44 bits per heavy atom. The standard InChI is InChI=1S/C11H14F3NS/c1-7-3-4-8(2)9(5-7)16-10(6-15)11(12,13)14/h3-5,10H,6,15H2,1-2H3. The van der Waals surface area contributed by atoms with Crippen molar-refractivity contribution in [3.8, 4) is 0 Å². The van der Waals surface area contributed by atoms with Gasteiger partial charge in [-0.1, -0.05) is 17.7 Å². The number of aryl methyl sites for hydroxylation is 2. The fourth-order valence-corrected chi connectivity index (χ4v) is 2.28. The number of nitrogens with two attached hydrogens (primary N) is 1. The maximum absolute atomic E-state index is 12.5. The summed E-state index contributed by atoms with van der Waals surface area (Å²) in [7, 11) is 0. The van der Waals surface area contributed by atoms with Crippen LogP contribution in [-0.2, 0) is 0 Å². The van der Waals surface area contributed by atoms with Gasteiger partial charge in [0.2, 0.25) is 0 Å². The molecule has 0 aliphatic rings. The predicted octanol–water partition coefficient (Wildman–Crippen LogP) is 3.29. The number of thioether (sulfide) groups is 1. The first-order valence-electron chi connectivity index (χ1n) is 4.85. The van der Waals surface area contributed by atoms with Crippen LogP contribution in [0.1, 0.15) is 11.1 Å². The van der Waals surface area contributed by atoms with E-state index in [-0.39, 0.29) is 0 Å². The number of hydrogen-bond acceptors (Lipinski definition) is 2. The van der Waals surface area contributed by atoms with Crippen molar-refractivity contribution >= 4 is 11.8 Å². The van der Waals surface area contributed by atoms with E-state index in [4.69, 9.17) is 5.73 Å². The minimum absolute atomic E-state index is 0.401. The molecule has 1 aromatic carbocycles. The van der Waals surface area contributed by atoms with E-state index in [0.29, 0.717) is 4.90 Å². The molecular formula is C11H14F3NS. The minimum atomic E-state index is -4.25. The molecule has 90 valence electrons. The van der Waals surface area contributed by atoms with E-state index in [0.717, 1.165) is 22.9 Å². The Bertz CT molecular complexity index is 363. The summed E-state index contributed by atoms with van der Waals surface area (Å²) in [5.74, 6) is 0. The summed E-state index contributed by atoms with van der Waals surface area (Å²) in [6.07, 6.45) is -4.25. The topological polar surface area (TPSA) is 26.0 Å². The van der Waals surface area contributed by atoms with Crippen LogP contribution in [0.4, 0.5) is 13.2 Å². The van der Waals surface area contributed by atoms with Crippen molar-refractivity contribution in [2.45, 2.75) is 30.2 Å². The number of rotatable bonds is 3. The first-order chi connectivity index (χ1) is 7.34. The molecule has 0 saturated carbocycles. The van der Waals surface area contributed by atoms with Crippen LogP contribution in [0.5, 0.6) is 0 Å². The van der Waals surface area contributed by atoms with Crippen LogP contribution in [0.25, 0.3) is 0 Å². The van der Waals surface area contributed by atoms with Crippen molar-refractivity contribution in [3.05, 3.63) is 29.3 Å². The Kier molecular flexibility index (Phi) is 4.27. The fraction of sp³-hybridized carbons (Fsp3) is 0.455. The Morgan fingerprint density at radius 2 is 1.94 bits per heavy atom. The summed E-state index contributed by atoms with van der Waals surface area (Å²) in [6.45, 7) is 3.25. The Morgan fingerprint density at radius 1 is 1.31 bits per heavy atom. The lowest BCUT2D eigenvalue weighted by Crippen LogP contribution is -2.33. The number of hydrogen-bond donors (Lipinski definition) is 1. The third kappa shape index (κ3) is 3.42. The van der Waals surface area contributed by atoms with Crippen LogP contribution in [-0.4, -0.2) is 18.0 Å². The molecular weight excluding hydrogens is 235 g/mol. The molecule has 0 spiro atoms. The molecule has 0 bridgehead atoms. The second kappa shape index (κ2) is 5.10. The zero-order valence-corrected chi connectivity index (χ0v) is 9.95. The van der Waals surface area contributed by atoms with Gasteiger partial charge in [-0.2, -0.15) is 13.2 Å². The molecule has 1 rings (SSSR count). The molecule has 0 amide bonds. The quantitative estimate of drug-likeness (QED) is 0.832. The average molecular weight is 249 g/mol. The van der Waals surface area contributed by atoms with Gasteiger partial charge in [0.25, 0.3) is 0 Å². The van der Waals surface area contributed by atoms with Crippen molar-refractivity contribution in [1.29, 1.82) is 0 Å². The Labute approximate surface area is 97.2 Å². The van der Waals surface area contributed by atoms with E-state index in [1.807, 2.05) is 19.1 Å². The highest BCUT2D eigenvalue weighted by Gasteiger charge is 2.39. The average Bonchev–Trinajstić information content (AvgIpc) is 2.17. The zero-order valence-electron chi connectivity index (χ0n) is 9.14. The Balaban J connectivity index is 2.90. The lowest BCUT2D eigenvalue weighted by molar-refractivity contribution is -0.126. The normalized spacial score (nSPS) is 13.9. The van der Waals surface area contributed by atoms with Crippen molar-refractivity contribution in [2.75, 3.05) is 6.54 Å². The summed E-state index contributed by atoms with van der Waals surface area (Å²) in [6, 6.07) is 5.46. The van der Waals surface area contributed by atoms with Crippen molar-refractivity contribution in [3.63, 3.8) is 0 Å². The van der Waals surface area contributed by atoms with Gasteiger partial charge in [-0.15, -0.1) is 11.8 Å². The van der Waals surface area contributed by atoms with Crippen molar-refractivity contribution in [2.24, 2.45) is 5.73 Å². The van der Waals surface area contributed by atoms with E-state index < -0.39 is 18.0 Å². The van der Waals surface area contributed by atoms with E-state index in [1.165, 1.54) is 0 Å². The summed E-state index contributed by atoms with van der Waals surface area (Å²) >= 11 is 0.786. The molecule has 1 nitrogen and oxygen atoms in total. The Hall–Kier alpha value is -0.680. The molecule has 0 fully saturated rings. The zero-order chi connectivity index (χ0) is 12.3. The smallest absolute Gasteiger partial charge is 0.329 e. The maximum Gasteiger partial charge on any atom is 0.402 e. The van der Waals surface area contributed by atoms with Gasteiger partial charge in [-0.25, -0.2) is 0 Å². The van der Waals surface area contributed by atoms with Crippen LogP contribution in [0.2, 0.25) is 0 Å². The monoisotopic (exact) mass is 249 g/mol. The van der Waals surface area contributed by atoms with Gasteiger partial charge in [-0.05, 0) is 25.5 Å². The third-order valence-corrected chi connectivity index (χ3v) is 3.63. The summed E-state index contributed by atoms with van der Waals surface area (Å²) < 4.78 is 37.6. The van der Waals surface area contributed by atoms with Crippen LogP contribution in [0, 0.1) is 13.8 Å². The van der Waals surface area contributed by atoms with Crippen molar-refractivity contribution in [1.82, 2.24) is 0 Å². The number of halogens is 3. The van der Waals surface area contributed by atoms with Gasteiger partial charge in [0, 0.05) is 11.4 Å². The summed E-state index contributed by atoms with van der Waals surface area (Å²) in [5, 5.41) is -1.53. The van der Waals surface area contributed by atoms with E-state index in [9.17, 15) is 13.2 Å². The van der Waals surface area contributed by atoms with Gasteiger partial charge >= 0.3 is 6.18 Å². The molecule has 0 aliphatic heterocycles. The first-order valence-corrected chi connectivity index (χ1v) is 5.73. The molecule has 16 heavy (non-hydrogen) atoms. The van der Waals surface area contributed by atoms with Gasteiger partial charge in [-0.3, -0.25) is 0 Å². The van der Waals surface area contributed by atoms with Crippen LogP contribution < -0.4 is 5.73 Å². The molecule has 1 unspecified atom stereocenters. The SMILES string of the molecule is Cc1ccc(C)c(SC(CN)C(F)(F)F)c1. The summed E-state index contributed by atoms with van der Waals surface area (Å²) in [5.41, 5.74) is 6.95. The van der Waals surface area contributed by atoms with Gasteiger partial charge in [0.1, 0.15) is 5.25 Å². The van der Waals surface area contributed by atoms with E-state index >= 15 is 0 Å². The van der Waals surface area contributed by atoms with E-state index in [1.54, 1.807) is 13.0 Å². The molecule has 0 saturated heterocycles. The highest BCUT2D eigenvalue weighted by Crippen LogP contribution is 2.36. The number of alkyl halides is 3. The third-order valence-electron chi connectivity index (χ3n) is 2.19. The summed E-state index contributed by atoms with van der Waals surface area (Å²) in [4.78, 5) is 0.646. The second-order valence-corrected chi connectivity index (χ2v) is 4.90. The second-order valence-electron chi connectivity index (χ2n) is 3.65. The number of benzene rings is 1. The molecule has 0 heterocycles. The molecule has 1 atom stereocenters. The lowest BCUT2D eigenvalue weighted by Gasteiger charge is -2.19. The first kappa shape index (κ1) is 13.4. The highest BCUT2D eigenvalue weighted by atomic mass is 32.2. The van der Waals surface area contributed by atoms with Gasteiger partial charge < -0.3 is 5.73 Å². The molecule has 5 heteroatoms.